The van der Waals surface area contributed by atoms with E-state index in [9.17, 15) is 13.2 Å². The lowest BCUT2D eigenvalue weighted by molar-refractivity contribution is -0.115. The molecule has 30 heavy (non-hydrogen) atoms. The van der Waals surface area contributed by atoms with Crippen LogP contribution < -0.4 is 5.32 Å². The molecule has 0 aliphatic heterocycles. The van der Waals surface area contributed by atoms with Gasteiger partial charge in [0.05, 0.1) is 10.1 Å². The van der Waals surface area contributed by atoms with E-state index in [0.717, 1.165) is 5.82 Å². The van der Waals surface area contributed by atoms with Crippen LogP contribution in [0.15, 0.2) is 40.9 Å². The molecule has 0 saturated carbocycles. The number of hydrogen-bond acceptors (Lipinski definition) is 6. The first kappa shape index (κ1) is 24.1. The van der Waals surface area contributed by atoms with Gasteiger partial charge in [-0.2, -0.15) is 4.31 Å². The van der Waals surface area contributed by atoms with Crippen LogP contribution in [-0.4, -0.2) is 51.7 Å². The molecular formula is C20H29N5O3S2. The number of sulfonamides is 1. The van der Waals surface area contributed by atoms with Crippen LogP contribution in [0.5, 0.6) is 0 Å². The predicted molar refractivity (Wildman–Crippen MR) is 120 cm³/mol. The van der Waals surface area contributed by atoms with Crippen LogP contribution in [0.2, 0.25) is 0 Å². The number of aromatic nitrogens is 3. The Balaban J connectivity index is 2.20. The maximum Gasteiger partial charge on any atom is 0.243 e. The highest BCUT2D eigenvalue weighted by Gasteiger charge is 2.25. The molecule has 0 fully saturated rings. The van der Waals surface area contributed by atoms with Crippen molar-refractivity contribution in [3.63, 3.8) is 0 Å². The fourth-order valence-electron chi connectivity index (χ4n) is 2.90. The molecule has 1 heterocycles. The summed E-state index contributed by atoms with van der Waals surface area (Å²) in [7, 11) is -3.62. The fourth-order valence-corrected chi connectivity index (χ4v) is 5.51. The molecule has 2 rings (SSSR count). The molecule has 1 unspecified atom stereocenters. The summed E-state index contributed by atoms with van der Waals surface area (Å²) in [5.41, 5.74) is 1.07. The number of rotatable bonds is 10. The first-order valence-corrected chi connectivity index (χ1v) is 12.1. The first-order chi connectivity index (χ1) is 14.1. The monoisotopic (exact) mass is 451 g/mol. The number of aryl methyl sites for hydroxylation is 2. The van der Waals surface area contributed by atoms with Crippen LogP contribution in [0.4, 0.5) is 5.69 Å². The zero-order valence-electron chi connectivity index (χ0n) is 18.0. The van der Waals surface area contributed by atoms with E-state index in [1.165, 1.54) is 22.1 Å². The minimum Gasteiger partial charge on any atom is -0.325 e. The predicted octanol–water partition coefficient (Wildman–Crippen LogP) is 3.23. The molecule has 2 aromatic rings. The van der Waals surface area contributed by atoms with Gasteiger partial charge in [0.2, 0.25) is 15.9 Å². The Morgan fingerprint density at radius 2 is 1.97 bits per heavy atom. The molecule has 1 amide bonds. The minimum atomic E-state index is -3.62. The van der Waals surface area contributed by atoms with Crippen LogP contribution in [0.1, 0.15) is 32.2 Å². The third-order valence-electron chi connectivity index (χ3n) is 4.64. The van der Waals surface area contributed by atoms with Crippen molar-refractivity contribution in [2.45, 2.75) is 56.5 Å². The quantitative estimate of drug-likeness (QED) is 0.440. The Bertz CT molecular complexity index is 1010. The van der Waals surface area contributed by atoms with Gasteiger partial charge in [0.25, 0.3) is 0 Å². The van der Waals surface area contributed by atoms with Crippen LogP contribution in [-0.2, 0) is 21.4 Å². The standard InChI is InChI=1S/C20H29N5O3S2/c1-7-12-25-16(6)22-23-20(25)29-15(5)19(26)21-17-11-10-14(4)18(13-17)30(27,28)24(8-2)9-3/h7,10-11,13,15H,1,8-9,12H2,2-6H3,(H,21,26). The van der Waals surface area contributed by atoms with E-state index < -0.39 is 15.3 Å². The molecule has 0 spiro atoms. The van der Waals surface area contributed by atoms with Crippen LogP contribution in [0.3, 0.4) is 0 Å². The Morgan fingerprint density at radius 1 is 1.30 bits per heavy atom. The van der Waals surface area contributed by atoms with Crippen molar-refractivity contribution >= 4 is 33.4 Å². The lowest BCUT2D eigenvalue weighted by Crippen LogP contribution is -2.31. The molecule has 0 aliphatic rings. The number of benzene rings is 1. The van der Waals surface area contributed by atoms with Gasteiger partial charge in [-0.3, -0.25) is 4.79 Å². The number of nitrogens with one attached hydrogen (secondary N) is 1. The van der Waals surface area contributed by atoms with Crippen molar-refractivity contribution in [2.24, 2.45) is 0 Å². The number of amides is 1. The van der Waals surface area contributed by atoms with Gasteiger partial charge in [-0.15, -0.1) is 16.8 Å². The van der Waals surface area contributed by atoms with E-state index in [1.807, 2.05) is 11.5 Å². The Hall–Kier alpha value is -2.17. The van der Waals surface area contributed by atoms with Gasteiger partial charge in [0, 0.05) is 25.3 Å². The molecule has 0 radical (unpaired) electrons. The second kappa shape index (κ2) is 10.2. The number of hydrogen-bond donors (Lipinski definition) is 1. The summed E-state index contributed by atoms with van der Waals surface area (Å²) in [5, 5.41) is 11.2. The Morgan fingerprint density at radius 3 is 2.57 bits per heavy atom. The fraction of sp³-hybridized carbons (Fsp3) is 0.450. The van der Waals surface area contributed by atoms with Gasteiger partial charge in [-0.05, 0) is 38.5 Å². The summed E-state index contributed by atoms with van der Waals surface area (Å²) < 4.78 is 29.1. The van der Waals surface area contributed by atoms with E-state index in [4.69, 9.17) is 0 Å². The number of carbonyl (C=O) groups excluding carboxylic acids is 1. The number of thioether (sulfide) groups is 1. The molecular weight excluding hydrogens is 422 g/mol. The number of nitrogens with zero attached hydrogens (tertiary/aromatic N) is 4. The summed E-state index contributed by atoms with van der Waals surface area (Å²) >= 11 is 1.29. The summed E-state index contributed by atoms with van der Waals surface area (Å²) in [5.74, 6) is 0.496. The van der Waals surface area contributed by atoms with E-state index in [2.05, 4.69) is 22.1 Å². The third kappa shape index (κ3) is 5.30. The summed E-state index contributed by atoms with van der Waals surface area (Å²) in [4.78, 5) is 12.9. The lowest BCUT2D eigenvalue weighted by Gasteiger charge is -2.20. The van der Waals surface area contributed by atoms with Gasteiger partial charge in [0.15, 0.2) is 5.16 Å². The van der Waals surface area contributed by atoms with Crippen molar-refractivity contribution in [2.75, 3.05) is 18.4 Å². The molecule has 1 N–H and O–H groups in total. The number of anilines is 1. The normalized spacial score (nSPS) is 12.7. The van der Waals surface area contributed by atoms with Gasteiger partial charge in [-0.1, -0.05) is 37.8 Å². The van der Waals surface area contributed by atoms with E-state index in [0.29, 0.717) is 36.0 Å². The zero-order chi connectivity index (χ0) is 22.5. The molecule has 1 aromatic carbocycles. The van der Waals surface area contributed by atoms with Crippen molar-refractivity contribution < 1.29 is 13.2 Å². The van der Waals surface area contributed by atoms with E-state index in [1.54, 1.807) is 45.9 Å². The van der Waals surface area contributed by atoms with E-state index in [-0.39, 0.29) is 10.8 Å². The molecule has 10 heteroatoms. The van der Waals surface area contributed by atoms with Gasteiger partial charge >= 0.3 is 0 Å². The van der Waals surface area contributed by atoms with E-state index >= 15 is 0 Å². The third-order valence-corrected chi connectivity index (χ3v) is 7.92. The summed E-state index contributed by atoms with van der Waals surface area (Å²) in [6.45, 7) is 14.0. The average Bonchev–Trinajstić information content (AvgIpc) is 3.03. The molecule has 164 valence electrons. The lowest BCUT2D eigenvalue weighted by atomic mass is 10.2. The SMILES string of the molecule is C=CCn1c(C)nnc1SC(C)C(=O)Nc1ccc(C)c(S(=O)(=O)N(CC)CC)c1. The summed E-state index contributed by atoms with van der Waals surface area (Å²) in [6, 6.07) is 4.92. The zero-order valence-corrected chi connectivity index (χ0v) is 19.7. The second-order valence-corrected chi connectivity index (χ2v) is 9.96. The van der Waals surface area contributed by atoms with Crippen molar-refractivity contribution in [1.29, 1.82) is 0 Å². The van der Waals surface area contributed by atoms with Gasteiger partial charge < -0.3 is 9.88 Å². The van der Waals surface area contributed by atoms with Crippen LogP contribution in [0, 0.1) is 13.8 Å². The molecule has 8 nitrogen and oxygen atoms in total. The molecule has 1 atom stereocenters. The van der Waals surface area contributed by atoms with Gasteiger partial charge in [0.1, 0.15) is 5.82 Å². The molecule has 0 bridgehead atoms. The second-order valence-electron chi connectivity index (χ2n) is 6.75. The van der Waals surface area contributed by atoms with Crippen LogP contribution in [0.25, 0.3) is 0 Å². The Labute approximate surface area is 182 Å². The van der Waals surface area contributed by atoms with Crippen molar-refractivity contribution in [1.82, 2.24) is 19.1 Å². The molecule has 0 aliphatic carbocycles. The summed E-state index contributed by atoms with van der Waals surface area (Å²) in [6.07, 6.45) is 1.75. The highest BCUT2D eigenvalue weighted by Crippen LogP contribution is 2.26. The number of carbonyl (C=O) groups is 1. The van der Waals surface area contributed by atoms with Gasteiger partial charge in [-0.25, -0.2) is 8.42 Å². The van der Waals surface area contributed by atoms with Crippen molar-refractivity contribution in [3.8, 4) is 0 Å². The topological polar surface area (TPSA) is 97.2 Å². The average molecular weight is 452 g/mol. The maximum absolute atomic E-state index is 12.9. The number of allylic oxidation sites excluding steroid dienone is 1. The molecule has 0 saturated heterocycles. The first-order valence-electron chi connectivity index (χ1n) is 9.74. The largest absolute Gasteiger partial charge is 0.325 e. The van der Waals surface area contributed by atoms with Crippen LogP contribution >= 0.6 is 11.8 Å². The minimum absolute atomic E-state index is 0.200. The highest BCUT2D eigenvalue weighted by molar-refractivity contribution is 8.00. The molecule has 1 aromatic heterocycles. The highest BCUT2D eigenvalue weighted by atomic mass is 32.2. The maximum atomic E-state index is 12.9. The smallest absolute Gasteiger partial charge is 0.243 e. The van der Waals surface area contributed by atoms with Crippen molar-refractivity contribution in [3.05, 3.63) is 42.2 Å². The Kier molecular flexibility index (Phi) is 8.22.